The lowest BCUT2D eigenvalue weighted by molar-refractivity contribution is 0.920. The molecule has 0 amide bonds. The summed E-state index contributed by atoms with van der Waals surface area (Å²) in [7, 11) is 0. The SMILES string of the molecule is Cc1ccnc(Sc2ncnc(Cl)c2C)n1. The predicted molar refractivity (Wildman–Crippen MR) is 62.7 cm³/mol. The Kier molecular flexibility index (Phi) is 3.36. The molecule has 16 heavy (non-hydrogen) atoms. The van der Waals surface area contributed by atoms with E-state index in [0.29, 0.717) is 10.3 Å². The number of hydrogen-bond donors (Lipinski definition) is 0. The van der Waals surface area contributed by atoms with Crippen LogP contribution in [-0.2, 0) is 0 Å². The molecule has 2 aromatic rings. The highest BCUT2D eigenvalue weighted by Gasteiger charge is 2.08. The van der Waals surface area contributed by atoms with Gasteiger partial charge in [0.15, 0.2) is 5.16 Å². The monoisotopic (exact) mass is 252 g/mol. The van der Waals surface area contributed by atoms with Crippen molar-refractivity contribution in [3.63, 3.8) is 0 Å². The van der Waals surface area contributed by atoms with Gasteiger partial charge in [-0.1, -0.05) is 11.6 Å². The van der Waals surface area contributed by atoms with Crippen LogP contribution in [0, 0.1) is 13.8 Å². The molecule has 0 saturated heterocycles. The molecule has 0 aromatic carbocycles. The van der Waals surface area contributed by atoms with E-state index in [-0.39, 0.29) is 0 Å². The van der Waals surface area contributed by atoms with Crippen molar-refractivity contribution in [2.45, 2.75) is 24.0 Å². The van der Waals surface area contributed by atoms with Crippen LogP contribution in [0.15, 0.2) is 28.8 Å². The average molecular weight is 253 g/mol. The summed E-state index contributed by atoms with van der Waals surface area (Å²) in [5.41, 5.74) is 1.77. The Balaban J connectivity index is 2.31. The van der Waals surface area contributed by atoms with Crippen molar-refractivity contribution in [1.82, 2.24) is 19.9 Å². The van der Waals surface area contributed by atoms with E-state index in [1.165, 1.54) is 18.1 Å². The Morgan fingerprint density at radius 2 is 2.00 bits per heavy atom. The van der Waals surface area contributed by atoms with E-state index >= 15 is 0 Å². The molecule has 0 bridgehead atoms. The number of aryl methyl sites for hydroxylation is 1. The molecule has 0 radical (unpaired) electrons. The second-order valence-electron chi connectivity index (χ2n) is 3.18. The zero-order valence-corrected chi connectivity index (χ0v) is 10.4. The van der Waals surface area contributed by atoms with E-state index in [2.05, 4.69) is 19.9 Å². The van der Waals surface area contributed by atoms with Gasteiger partial charge in [0, 0.05) is 17.5 Å². The minimum atomic E-state index is 0.463. The summed E-state index contributed by atoms with van der Waals surface area (Å²) >= 11 is 7.29. The first kappa shape index (κ1) is 11.3. The van der Waals surface area contributed by atoms with E-state index in [1.807, 2.05) is 19.9 Å². The summed E-state index contributed by atoms with van der Waals surface area (Å²) < 4.78 is 0. The predicted octanol–water partition coefficient (Wildman–Crippen LogP) is 2.69. The van der Waals surface area contributed by atoms with Gasteiger partial charge in [-0.2, -0.15) is 0 Å². The van der Waals surface area contributed by atoms with Crippen molar-refractivity contribution in [2.75, 3.05) is 0 Å². The van der Waals surface area contributed by atoms with Crippen LogP contribution in [0.3, 0.4) is 0 Å². The molecule has 0 aliphatic heterocycles. The van der Waals surface area contributed by atoms with Crippen LogP contribution >= 0.6 is 23.4 Å². The molecule has 0 saturated carbocycles. The molecular formula is C10H9ClN4S. The second kappa shape index (κ2) is 4.76. The molecule has 0 aliphatic rings. The molecule has 2 heterocycles. The van der Waals surface area contributed by atoms with Gasteiger partial charge in [-0.25, -0.2) is 19.9 Å². The Morgan fingerprint density at radius 3 is 2.75 bits per heavy atom. The third kappa shape index (κ3) is 2.48. The van der Waals surface area contributed by atoms with Crippen LogP contribution in [-0.4, -0.2) is 19.9 Å². The van der Waals surface area contributed by atoms with Crippen LogP contribution in [0.2, 0.25) is 5.15 Å². The zero-order chi connectivity index (χ0) is 11.5. The van der Waals surface area contributed by atoms with Crippen LogP contribution in [0.4, 0.5) is 0 Å². The molecule has 82 valence electrons. The van der Waals surface area contributed by atoms with Gasteiger partial charge in [0.1, 0.15) is 16.5 Å². The van der Waals surface area contributed by atoms with Crippen LogP contribution in [0.1, 0.15) is 11.3 Å². The maximum Gasteiger partial charge on any atom is 0.194 e. The number of aromatic nitrogens is 4. The standard InChI is InChI=1S/C10H9ClN4S/c1-6-3-4-12-10(15-6)16-9-7(2)8(11)13-5-14-9/h3-5H,1-2H3. The van der Waals surface area contributed by atoms with E-state index < -0.39 is 0 Å². The van der Waals surface area contributed by atoms with Crippen molar-refractivity contribution < 1.29 is 0 Å². The smallest absolute Gasteiger partial charge is 0.194 e. The summed E-state index contributed by atoms with van der Waals surface area (Å²) in [5, 5.41) is 1.91. The minimum Gasteiger partial charge on any atom is -0.231 e. The molecule has 0 unspecified atom stereocenters. The van der Waals surface area contributed by atoms with Gasteiger partial charge in [0.25, 0.3) is 0 Å². The normalized spacial score (nSPS) is 10.4. The first-order valence-electron chi connectivity index (χ1n) is 4.61. The highest BCUT2D eigenvalue weighted by molar-refractivity contribution is 7.99. The molecule has 2 rings (SSSR count). The first-order valence-corrected chi connectivity index (χ1v) is 5.81. The molecule has 0 spiro atoms. The summed E-state index contributed by atoms with van der Waals surface area (Å²) in [6.45, 7) is 3.80. The molecule has 2 aromatic heterocycles. The van der Waals surface area contributed by atoms with Gasteiger partial charge >= 0.3 is 0 Å². The Labute approximate surface area is 103 Å². The van der Waals surface area contributed by atoms with Crippen LogP contribution in [0.25, 0.3) is 0 Å². The fourth-order valence-electron chi connectivity index (χ4n) is 1.08. The van der Waals surface area contributed by atoms with Crippen LogP contribution in [0.5, 0.6) is 0 Å². The largest absolute Gasteiger partial charge is 0.231 e. The summed E-state index contributed by atoms with van der Waals surface area (Å²) in [5.74, 6) is 0. The van der Waals surface area contributed by atoms with Gasteiger partial charge in [-0.05, 0) is 31.7 Å². The summed E-state index contributed by atoms with van der Waals surface area (Å²) in [6.07, 6.45) is 3.16. The number of halogens is 1. The second-order valence-corrected chi connectivity index (χ2v) is 4.49. The fourth-order valence-corrected chi connectivity index (χ4v) is 2.09. The fraction of sp³-hybridized carbons (Fsp3) is 0.200. The average Bonchev–Trinajstić information content (AvgIpc) is 2.25. The minimum absolute atomic E-state index is 0.463. The topological polar surface area (TPSA) is 51.6 Å². The van der Waals surface area contributed by atoms with Crippen molar-refractivity contribution in [3.8, 4) is 0 Å². The Bertz CT molecular complexity index is 518. The van der Waals surface area contributed by atoms with E-state index in [9.17, 15) is 0 Å². The van der Waals surface area contributed by atoms with Crippen molar-refractivity contribution >= 4 is 23.4 Å². The van der Waals surface area contributed by atoms with Crippen molar-refractivity contribution in [3.05, 3.63) is 35.0 Å². The number of nitrogens with zero attached hydrogens (tertiary/aromatic N) is 4. The quantitative estimate of drug-likeness (QED) is 0.608. The molecule has 4 nitrogen and oxygen atoms in total. The Morgan fingerprint density at radius 1 is 1.19 bits per heavy atom. The third-order valence-corrected chi connectivity index (χ3v) is 3.30. The summed E-state index contributed by atoms with van der Waals surface area (Å²) in [4.78, 5) is 16.5. The third-order valence-electron chi connectivity index (χ3n) is 1.94. The first-order chi connectivity index (χ1) is 7.66. The number of hydrogen-bond acceptors (Lipinski definition) is 5. The highest BCUT2D eigenvalue weighted by Crippen LogP contribution is 2.27. The molecule has 6 heteroatoms. The molecule has 0 fully saturated rings. The van der Waals surface area contributed by atoms with Gasteiger partial charge < -0.3 is 0 Å². The van der Waals surface area contributed by atoms with Gasteiger partial charge in [-0.15, -0.1) is 0 Å². The maximum absolute atomic E-state index is 5.91. The van der Waals surface area contributed by atoms with E-state index in [4.69, 9.17) is 11.6 Å². The molecule has 0 N–H and O–H groups in total. The lowest BCUT2D eigenvalue weighted by Crippen LogP contribution is -1.93. The molecular weight excluding hydrogens is 244 g/mol. The summed E-state index contributed by atoms with van der Waals surface area (Å²) in [6, 6.07) is 1.85. The van der Waals surface area contributed by atoms with E-state index in [1.54, 1.807) is 6.20 Å². The van der Waals surface area contributed by atoms with Crippen molar-refractivity contribution in [1.29, 1.82) is 0 Å². The van der Waals surface area contributed by atoms with Crippen molar-refractivity contribution in [2.24, 2.45) is 0 Å². The Hall–Kier alpha value is -1.20. The maximum atomic E-state index is 5.91. The van der Waals surface area contributed by atoms with E-state index in [0.717, 1.165) is 16.3 Å². The molecule has 0 atom stereocenters. The van der Waals surface area contributed by atoms with Crippen LogP contribution < -0.4 is 0 Å². The van der Waals surface area contributed by atoms with Gasteiger partial charge in [0.05, 0.1) is 0 Å². The lowest BCUT2D eigenvalue weighted by Gasteiger charge is -2.03. The number of rotatable bonds is 2. The molecule has 0 aliphatic carbocycles. The lowest BCUT2D eigenvalue weighted by atomic mass is 10.4. The van der Waals surface area contributed by atoms with Gasteiger partial charge in [0.2, 0.25) is 0 Å². The highest BCUT2D eigenvalue weighted by atomic mass is 35.5. The zero-order valence-electron chi connectivity index (χ0n) is 8.81. The van der Waals surface area contributed by atoms with Gasteiger partial charge in [-0.3, -0.25) is 0 Å².